The summed E-state index contributed by atoms with van der Waals surface area (Å²) in [6.45, 7) is 1.92. The van der Waals surface area contributed by atoms with Gasteiger partial charge in [0.2, 0.25) is 0 Å². The Morgan fingerprint density at radius 2 is 0.974 bits per heavy atom. The number of hydrogen-bond acceptors (Lipinski definition) is 9. The van der Waals surface area contributed by atoms with Gasteiger partial charge < -0.3 is 46.0 Å². The number of carboxylic acid groups (broad SMARTS) is 4. The number of carbonyl (C=O) groups is 4. The topological polar surface area (TPSA) is 250 Å². The molecule has 226 valence electrons. The van der Waals surface area contributed by atoms with Crippen molar-refractivity contribution < 1.29 is 65.1 Å². The minimum atomic E-state index is -1.13. The molecule has 0 aliphatic carbocycles. The lowest BCUT2D eigenvalue weighted by molar-refractivity contribution is -0.139. The van der Waals surface area contributed by atoms with Gasteiger partial charge in [0.1, 0.15) is 0 Å². The average molecular weight is 565 g/mol. The normalized spacial score (nSPS) is 10.0. The summed E-state index contributed by atoms with van der Waals surface area (Å²) in [5.41, 5.74) is -0.704. The van der Waals surface area contributed by atoms with Crippen LogP contribution in [0.2, 0.25) is 0 Å². The van der Waals surface area contributed by atoms with Crippen molar-refractivity contribution in [2.75, 3.05) is 33.0 Å². The van der Waals surface area contributed by atoms with Crippen molar-refractivity contribution in [3.05, 3.63) is 35.4 Å². The highest BCUT2D eigenvalue weighted by Gasteiger charge is 2.24. The van der Waals surface area contributed by atoms with E-state index in [-0.39, 0.29) is 57.0 Å². The third-order valence-corrected chi connectivity index (χ3v) is 5.21. The van der Waals surface area contributed by atoms with E-state index < -0.39 is 29.3 Å². The van der Waals surface area contributed by atoms with Gasteiger partial charge in [-0.2, -0.15) is 0 Å². The van der Waals surface area contributed by atoms with Gasteiger partial charge in [0.05, 0.1) is 30.9 Å². The number of aliphatic carboxylic acids is 2. The minimum Gasteiger partial charge on any atom is -0.481 e. The smallest absolute Gasteiger partial charge is 0.335 e. The zero-order valence-corrected chi connectivity index (χ0v) is 22.4. The summed E-state index contributed by atoms with van der Waals surface area (Å²) in [7, 11) is 0. The third-order valence-electron chi connectivity index (χ3n) is 5.21. The maximum Gasteiger partial charge on any atom is 0.335 e. The van der Waals surface area contributed by atoms with Crippen molar-refractivity contribution >= 4 is 23.9 Å². The predicted octanol–water partition coefficient (Wildman–Crippen LogP) is 1.69. The predicted molar refractivity (Wildman–Crippen MR) is 141 cm³/mol. The van der Waals surface area contributed by atoms with E-state index in [1.807, 2.05) is 6.92 Å². The molecule has 0 atom stereocenters. The molecule has 13 nitrogen and oxygen atoms in total. The summed E-state index contributed by atoms with van der Waals surface area (Å²) < 4.78 is 0. The van der Waals surface area contributed by atoms with E-state index in [1.165, 1.54) is 18.2 Å². The number of hydrogen-bond donors (Lipinski definition) is 9. The SMILES string of the molecule is CCC(CO)(CO)CO.O=C(O)CCCCC(=O)O.O=C(O)c1cccc(C(=O)O)c1.OCCCCCCO. The van der Waals surface area contributed by atoms with Crippen LogP contribution < -0.4 is 0 Å². The van der Waals surface area contributed by atoms with Gasteiger partial charge in [0, 0.05) is 31.5 Å². The van der Waals surface area contributed by atoms with Gasteiger partial charge in [-0.1, -0.05) is 25.8 Å². The molecular formula is C26H44O13. The first kappa shape index (κ1) is 40.4. The quantitative estimate of drug-likeness (QED) is 0.130. The molecule has 0 fully saturated rings. The highest BCUT2D eigenvalue weighted by atomic mass is 16.4. The Morgan fingerprint density at radius 3 is 1.18 bits per heavy atom. The molecule has 39 heavy (non-hydrogen) atoms. The fraction of sp³-hybridized carbons (Fsp3) is 0.615. The lowest BCUT2D eigenvalue weighted by Gasteiger charge is -2.24. The van der Waals surface area contributed by atoms with Crippen molar-refractivity contribution in [3.8, 4) is 0 Å². The van der Waals surface area contributed by atoms with E-state index in [4.69, 9.17) is 46.0 Å². The second-order valence-corrected chi connectivity index (χ2v) is 8.38. The largest absolute Gasteiger partial charge is 0.481 e. The van der Waals surface area contributed by atoms with E-state index in [0.29, 0.717) is 19.3 Å². The van der Waals surface area contributed by atoms with E-state index in [1.54, 1.807) is 0 Å². The van der Waals surface area contributed by atoms with E-state index >= 15 is 0 Å². The molecule has 13 heteroatoms. The Morgan fingerprint density at radius 1 is 0.615 bits per heavy atom. The minimum absolute atomic E-state index is 0.0186. The molecule has 0 unspecified atom stereocenters. The number of benzene rings is 1. The van der Waals surface area contributed by atoms with Crippen LogP contribution in [0.1, 0.15) is 85.4 Å². The maximum atomic E-state index is 10.4. The fourth-order valence-electron chi connectivity index (χ4n) is 2.40. The molecule has 0 radical (unpaired) electrons. The summed E-state index contributed by atoms with van der Waals surface area (Å²) in [5, 5.41) is 75.8. The molecule has 0 aliphatic heterocycles. The highest BCUT2D eigenvalue weighted by Crippen LogP contribution is 2.18. The van der Waals surface area contributed by atoms with Crippen LogP contribution in [0.15, 0.2) is 24.3 Å². The van der Waals surface area contributed by atoms with Crippen molar-refractivity contribution in [1.82, 2.24) is 0 Å². The van der Waals surface area contributed by atoms with E-state index in [9.17, 15) is 19.2 Å². The average Bonchev–Trinajstić information content (AvgIpc) is 2.92. The van der Waals surface area contributed by atoms with Gasteiger partial charge in [0.15, 0.2) is 0 Å². The van der Waals surface area contributed by atoms with Crippen LogP contribution in [0.5, 0.6) is 0 Å². The Bertz CT molecular complexity index is 723. The molecule has 0 saturated carbocycles. The lowest BCUT2D eigenvalue weighted by atomic mass is 9.88. The van der Waals surface area contributed by atoms with Crippen LogP contribution in [0.25, 0.3) is 0 Å². The van der Waals surface area contributed by atoms with E-state index in [0.717, 1.165) is 31.7 Å². The number of rotatable bonds is 16. The maximum absolute atomic E-state index is 10.4. The summed E-state index contributed by atoms with van der Waals surface area (Å²) in [6, 6.07) is 5.20. The number of aliphatic hydroxyl groups is 5. The number of carboxylic acids is 4. The molecule has 0 spiro atoms. The Balaban J connectivity index is -0.000000449. The van der Waals surface area contributed by atoms with Crippen LogP contribution in [0.3, 0.4) is 0 Å². The second-order valence-electron chi connectivity index (χ2n) is 8.38. The first-order valence-electron chi connectivity index (χ1n) is 12.4. The molecule has 0 heterocycles. The summed E-state index contributed by atoms with van der Waals surface area (Å²) >= 11 is 0. The van der Waals surface area contributed by atoms with Gasteiger partial charge in [-0.05, 0) is 50.3 Å². The highest BCUT2D eigenvalue weighted by molar-refractivity contribution is 5.93. The van der Waals surface area contributed by atoms with Crippen LogP contribution in [-0.4, -0.2) is 103 Å². The lowest BCUT2D eigenvalue weighted by Crippen LogP contribution is -2.32. The number of unbranched alkanes of at least 4 members (excludes halogenated alkanes) is 4. The number of aromatic carboxylic acids is 2. The zero-order chi connectivity index (χ0) is 30.7. The van der Waals surface area contributed by atoms with Crippen LogP contribution in [-0.2, 0) is 9.59 Å². The van der Waals surface area contributed by atoms with Crippen LogP contribution >= 0.6 is 0 Å². The number of aliphatic hydroxyl groups excluding tert-OH is 5. The molecule has 9 N–H and O–H groups in total. The molecule has 1 aromatic rings. The van der Waals surface area contributed by atoms with Crippen molar-refractivity contribution in [1.29, 1.82) is 0 Å². The Hall–Kier alpha value is -3.10. The molecule has 0 amide bonds. The first-order chi connectivity index (χ1) is 18.4. The molecule has 1 aromatic carbocycles. The summed E-state index contributed by atoms with van der Waals surface area (Å²) in [6.07, 6.45) is 5.44. The van der Waals surface area contributed by atoms with Gasteiger partial charge >= 0.3 is 23.9 Å². The Labute approximate surface area is 228 Å². The van der Waals surface area contributed by atoms with Crippen molar-refractivity contribution in [2.24, 2.45) is 5.41 Å². The summed E-state index contributed by atoms with van der Waals surface area (Å²) in [4.78, 5) is 40.6. The first-order valence-corrected chi connectivity index (χ1v) is 12.4. The molecule has 0 aromatic heterocycles. The van der Waals surface area contributed by atoms with Gasteiger partial charge in [-0.15, -0.1) is 0 Å². The summed E-state index contributed by atoms with van der Waals surface area (Å²) in [5.74, 6) is -3.99. The Kier molecular flexibility index (Phi) is 27.5. The standard InChI is InChI=1S/C8H6O4.C6H10O4.C6H14O3.C6H14O2/c9-7(10)5-2-1-3-6(4-5)8(11)12;7-5(8)3-1-2-4-6(9)10;1-2-6(3-7,4-8)5-9;7-5-3-1-2-4-6-8/h1-4H,(H,9,10)(H,11,12);1-4H2,(H,7,8)(H,9,10);7-9H,2-5H2,1H3;7-8H,1-6H2. The van der Waals surface area contributed by atoms with Gasteiger partial charge in [0.25, 0.3) is 0 Å². The van der Waals surface area contributed by atoms with Crippen LogP contribution in [0, 0.1) is 5.41 Å². The molecule has 1 rings (SSSR count). The second kappa shape index (κ2) is 26.5. The molecular weight excluding hydrogens is 520 g/mol. The molecule has 0 saturated heterocycles. The van der Waals surface area contributed by atoms with E-state index in [2.05, 4.69) is 0 Å². The molecule has 0 bridgehead atoms. The molecule has 0 aliphatic rings. The van der Waals surface area contributed by atoms with Gasteiger partial charge in [-0.3, -0.25) is 9.59 Å². The zero-order valence-electron chi connectivity index (χ0n) is 22.4. The van der Waals surface area contributed by atoms with Gasteiger partial charge in [-0.25, -0.2) is 9.59 Å². The van der Waals surface area contributed by atoms with Crippen LogP contribution in [0.4, 0.5) is 0 Å². The van der Waals surface area contributed by atoms with Crippen molar-refractivity contribution in [2.45, 2.75) is 64.7 Å². The third kappa shape index (κ3) is 25.0. The fourth-order valence-corrected chi connectivity index (χ4v) is 2.40. The monoisotopic (exact) mass is 564 g/mol. The van der Waals surface area contributed by atoms with Crippen molar-refractivity contribution in [3.63, 3.8) is 0 Å².